The predicted molar refractivity (Wildman–Crippen MR) is 391 cm³/mol. The largest absolute Gasteiger partial charge is 0.472 e. The van der Waals surface area contributed by atoms with Gasteiger partial charge in [0.2, 0.25) is 0 Å². The lowest BCUT2D eigenvalue weighted by atomic mass is 9.99. The molecule has 3 N–H and O–H groups in total. The molecule has 0 saturated carbocycles. The minimum atomic E-state index is -4.96. The summed E-state index contributed by atoms with van der Waals surface area (Å²) in [7, 11) is -9.92. The van der Waals surface area contributed by atoms with E-state index >= 15 is 0 Å². The van der Waals surface area contributed by atoms with Gasteiger partial charge in [0.25, 0.3) is 0 Å². The lowest BCUT2D eigenvalue weighted by molar-refractivity contribution is -0.161. The molecule has 17 nitrogen and oxygen atoms in total. The molecule has 0 saturated heterocycles. The summed E-state index contributed by atoms with van der Waals surface area (Å²) in [4.78, 5) is 72.7. The molecule has 0 heterocycles. The first-order valence-electron chi connectivity index (χ1n) is 39.5. The number of rotatable bonds is 75. The summed E-state index contributed by atoms with van der Waals surface area (Å²) in [6.07, 6.45) is 62.0. The monoisotopic (exact) mass is 1410 g/mol. The molecule has 566 valence electrons. The lowest BCUT2D eigenvalue weighted by Crippen LogP contribution is -2.30. The number of aliphatic hydroxyl groups is 1. The summed E-state index contributed by atoms with van der Waals surface area (Å²) in [5, 5.41) is 10.6. The standard InChI is InChI=1S/C77H146O17P2/c1-6-10-13-16-19-22-24-26-28-29-30-31-32-33-35-37-39-41-47-52-57-62-76(81)93-73(67-88-75(80)61-56-51-46-40-38-36-34-27-25-23-20-17-14-11-7-2)69-92-96(85,86)90-65-71(78)64-89-95(83,84)91-68-72(66-87-74(79)60-55-50-45-21-18-15-12-8-3)94-77(82)63-58-53-48-43-42-44-49-54-59-70(5)9-4/h23,25,27,34,70-73,78H,6-22,24,26,28-33,35-69H2,1-5H3,(H,83,84)(H,85,86)/b25-23-,34-27-/t70?,71-,72+,73+/m0/s1. The Morgan fingerprint density at radius 1 is 0.333 bits per heavy atom. The van der Waals surface area contributed by atoms with Crippen LogP contribution in [0.15, 0.2) is 24.3 Å². The number of unbranched alkanes of at least 4 members (excludes halogenated alkanes) is 43. The van der Waals surface area contributed by atoms with Gasteiger partial charge in [-0.15, -0.1) is 0 Å². The smallest absolute Gasteiger partial charge is 0.462 e. The van der Waals surface area contributed by atoms with Gasteiger partial charge in [0, 0.05) is 25.7 Å². The maximum Gasteiger partial charge on any atom is 0.472 e. The SMILES string of the molecule is CCCCCC/C=C\C=C/CCCCCCCC(=O)OC[C@H](COP(=O)(O)OC[C@@H](O)COP(=O)(O)OC[C@@H](COC(=O)CCCCCCCCCC)OC(=O)CCCCCCCCCCC(C)CC)OC(=O)CCCCCCCCCCCCCCCCCCCCCCC. The molecule has 0 fully saturated rings. The number of esters is 4. The molecule has 0 aliphatic rings. The summed E-state index contributed by atoms with van der Waals surface area (Å²) in [6, 6.07) is 0. The summed E-state index contributed by atoms with van der Waals surface area (Å²) >= 11 is 0. The molecule has 0 aromatic rings. The van der Waals surface area contributed by atoms with Gasteiger partial charge < -0.3 is 33.8 Å². The van der Waals surface area contributed by atoms with Crippen LogP contribution in [-0.4, -0.2) is 96.7 Å². The number of hydrogen-bond donors (Lipinski definition) is 3. The second-order valence-corrected chi connectivity index (χ2v) is 30.2. The molecular weight excluding hydrogens is 1260 g/mol. The highest BCUT2D eigenvalue weighted by Crippen LogP contribution is 2.45. The van der Waals surface area contributed by atoms with Crippen LogP contribution in [0.3, 0.4) is 0 Å². The number of hydrogen-bond acceptors (Lipinski definition) is 15. The summed E-state index contributed by atoms with van der Waals surface area (Å²) in [5.41, 5.74) is 0. The van der Waals surface area contributed by atoms with E-state index in [0.717, 1.165) is 121 Å². The van der Waals surface area contributed by atoms with Crippen molar-refractivity contribution < 1.29 is 80.2 Å². The summed E-state index contributed by atoms with van der Waals surface area (Å²) < 4.78 is 68.4. The number of ether oxygens (including phenoxy) is 4. The molecule has 0 aliphatic carbocycles. The summed E-state index contributed by atoms with van der Waals surface area (Å²) in [5.74, 6) is -1.38. The molecule has 96 heavy (non-hydrogen) atoms. The highest BCUT2D eigenvalue weighted by Gasteiger charge is 2.30. The van der Waals surface area contributed by atoms with Crippen molar-refractivity contribution in [2.75, 3.05) is 39.6 Å². The van der Waals surface area contributed by atoms with E-state index in [9.17, 15) is 43.2 Å². The van der Waals surface area contributed by atoms with E-state index in [0.29, 0.717) is 25.7 Å². The van der Waals surface area contributed by atoms with Crippen LogP contribution in [0.2, 0.25) is 0 Å². The van der Waals surface area contributed by atoms with Gasteiger partial charge in [-0.3, -0.25) is 37.3 Å². The average Bonchev–Trinajstić information content (AvgIpc) is 1.21. The molecule has 6 atom stereocenters. The Labute approximate surface area is 586 Å². The zero-order valence-corrected chi connectivity index (χ0v) is 63.8. The first kappa shape index (κ1) is 93.5. The number of phosphoric ester groups is 2. The first-order chi connectivity index (χ1) is 46.6. The van der Waals surface area contributed by atoms with Crippen molar-refractivity contribution in [2.45, 2.75) is 400 Å². The Balaban J connectivity index is 5.22. The number of carbonyl (C=O) groups is 4. The van der Waals surface area contributed by atoms with Crippen molar-refractivity contribution in [1.29, 1.82) is 0 Å². The number of allylic oxidation sites excluding steroid dienone is 4. The molecule has 0 radical (unpaired) electrons. The van der Waals surface area contributed by atoms with E-state index in [-0.39, 0.29) is 25.7 Å². The van der Waals surface area contributed by atoms with Gasteiger partial charge in [-0.25, -0.2) is 9.13 Å². The topological polar surface area (TPSA) is 237 Å². The Kier molecular flexibility index (Phi) is 67.8. The van der Waals surface area contributed by atoms with Gasteiger partial charge in [-0.1, -0.05) is 329 Å². The zero-order chi connectivity index (χ0) is 70.5. The van der Waals surface area contributed by atoms with Crippen molar-refractivity contribution in [3.8, 4) is 0 Å². The quantitative estimate of drug-likeness (QED) is 0.0169. The first-order valence-corrected chi connectivity index (χ1v) is 42.5. The van der Waals surface area contributed by atoms with Gasteiger partial charge in [0.05, 0.1) is 26.4 Å². The van der Waals surface area contributed by atoms with E-state index in [4.69, 9.17) is 37.0 Å². The molecule has 0 aliphatic heterocycles. The minimum Gasteiger partial charge on any atom is -0.462 e. The molecule has 0 spiro atoms. The zero-order valence-electron chi connectivity index (χ0n) is 62.0. The van der Waals surface area contributed by atoms with Crippen molar-refractivity contribution in [3.05, 3.63) is 24.3 Å². The van der Waals surface area contributed by atoms with E-state index in [1.807, 2.05) is 0 Å². The second kappa shape index (κ2) is 69.6. The van der Waals surface area contributed by atoms with E-state index < -0.39 is 97.5 Å². The molecular formula is C77H146O17P2. The van der Waals surface area contributed by atoms with Gasteiger partial charge in [0.15, 0.2) is 12.2 Å². The van der Waals surface area contributed by atoms with Crippen LogP contribution in [0.1, 0.15) is 381 Å². The van der Waals surface area contributed by atoms with E-state index in [1.54, 1.807) is 0 Å². The fraction of sp³-hybridized carbons (Fsp3) is 0.896. The van der Waals surface area contributed by atoms with Crippen LogP contribution in [0.5, 0.6) is 0 Å². The highest BCUT2D eigenvalue weighted by molar-refractivity contribution is 7.47. The van der Waals surface area contributed by atoms with Crippen molar-refractivity contribution in [1.82, 2.24) is 0 Å². The Morgan fingerprint density at radius 2 is 0.583 bits per heavy atom. The van der Waals surface area contributed by atoms with Crippen LogP contribution < -0.4 is 0 Å². The van der Waals surface area contributed by atoms with Crippen molar-refractivity contribution >= 4 is 39.5 Å². The molecule has 0 rings (SSSR count). The Bertz CT molecular complexity index is 1940. The maximum absolute atomic E-state index is 13.1. The maximum atomic E-state index is 13.1. The molecule has 19 heteroatoms. The third-order valence-corrected chi connectivity index (χ3v) is 19.7. The highest BCUT2D eigenvalue weighted by atomic mass is 31.2. The summed E-state index contributed by atoms with van der Waals surface area (Å²) in [6.45, 7) is 7.19. The fourth-order valence-corrected chi connectivity index (χ4v) is 12.9. The van der Waals surface area contributed by atoms with Crippen LogP contribution >= 0.6 is 15.6 Å². The number of carbonyl (C=O) groups excluding carboxylic acids is 4. The van der Waals surface area contributed by atoms with Gasteiger partial charge in [-0.05, 0) is 57.3 Å². The van der Waals surface area contributed by atoms with E-state index in [1.165, 1.54) is 180 Å². The normalized spacial score (nSPS) is 14.4. The molecule has 0 aromatic carbocycles. The van der Waals surface area contributed by atoms with Crippen molar-refractivity contribution in [3.63, 3.8) is 0 Å². The number of phosphoric acid groups is 2. The Hall–Kier alpha value is -2.46. The number of aliphatic hydroxyl groups excluding tert-OH is 1. The third kappa shape index (κ3) is 68.7. The van der Waals surface area contributed by atoms with Crippen molar-refractivity contribution in [2.24, 2.45) is 5.92 Å². The van der Waals surface area contributed by atoms with Crippen LogP contribution in [0, 0.1) is 5.92 Å². The molecule has 3 unspecified atom stereocenters. The Morgan fingerprint density at radius 3 is 0.885 bits per heavy atom. The van der Waals surface area contributed by atoms with Crippen LogP contribution in [0.4, 0.5) is 0 Å². The molecule has 0 bridgehead atoms. The fourth-order valence-electron chi connectivity index (χ4n) is 11.3. The van der Waals surface area contributed by atoms with E-state index in [2.05, 4.69) is 58.9 Å². The lowest BCUT2D eigenvalue weighted by Gasteiger charge is -2.21. The molecule has 0 aromatic heterocycles. The van der Waals surface area contributed by atoms with Crippen LogP contribution in [0.25, 0.3) is 0 Å². The van der Waals surface area contributed by atoms with Gasteiger partial charge in [0.1, 0.15) is 19.3 Å². The third-order valence-electron chi connectivity index (χ3n) is 17.8. The second-order valence-electron chi connectivity index (χ2n) is 27.3. The minimum absolute atomic E-state index is 0.102. The van der Waals surface area contributed by atoms with Crippen LogP contribution in [-0.2, 0) is 65.4 Å². The molecule has 0 amide bonds. The average molecular weight is 1410 g/mol. The van der Waals surface area contributed by atoms with Gasteiger partial charge in [-0.2, -0.15) is 0 Å². The predicted octanol–water partition coefficient (Wildman–Crippen LogP) is 22.4. The van der Waals surface area contributed by atoms with Gasteiger partial charge >= 0.3 is 39.5 Å².